The van der Waals surface area contributed by atoms with E-state index >= 15 is 0 Å². The second-order valence-corrected chi connectivity index (χ2v) is 4.93. The van der Waals surface area contributed by atoms with E-state index in [2.05, 4.69) is 37.8 Å². The third-order valence-electron chi connectivity index (χ3n) is 3.61. The van der Waals surface area contributed by atoms with Gasteiger partial charge in [-0.3, -0.25) is 0 Å². The Bertz CT molecular complexity index is 413. The van der Waals surface area contributed by atoms with Crippen LogP contribution in [-0.4, -0.2) is 0 Å². The summed E-state index contributed by atoms with van der Waals surface area (Å²) in [5.41, 5.74) is 5.87. The Morgan fingerprint density at radius 3 is 2.29 bits per heavy atom. The van der Waals surface area contributed by atoms with Crippen molar-refractivity contribution in [1.29, 1.82) is 0 Å². The van der Waals surface area contributed by atoms with E-state index in [-0.39, 0.29) is 0 Å². The Kier molecular flexibility index (Phi) is 4.19. The van der Waals surface area contributed by atoms with Gasteiger partial charge in [-0.2, -0.15) is 0 Å². The molecule has 0 aromatic carbocycles. The van der Waals surface area contributed by atoms with Crippen molar-refractivity contribution in [1.82, 2.24) is 0 Å². The van der Waals surface area contributed by atoms with E-state index in [4.69, 9.17) is 0 Å². The van der Waals surface area contributed by atoms with E-state index in [0.29, 0.717) is 0 Å². The minimum atomic E-state index is 1.19. The molecule has 0 N–H and O–H groups in total. The molecule has 0 nitrogen and oxygen atoms in total. The zero-order chi connectivity index (χ0) is 12.1. The van der Waals surface area contributed by atoms with E-state index in [1.54, 1.807) is 0 Å². The summed E-state index contributed by atoms with van der Waals surface area (Å²) in [5, 5.41) is 0. The van der Waals surface area contributed by atoms with Crippen LogP contribution in [0.25, 0.3) is 0 Å². The van der Waals surface area contributed by atoms with Crippen LogP contribution in [0.5, 0.6) is 0 Å². The smallest absolute Gasteiger partial charge is 0.0276 e. The van der Waals surface area contributed by atoms with Crippen molar-refractivity contribution >= 4 is 0 Å². The molecule has 2 aliphatic rings. The van der Waals surface area contributed by atoms with Gasteiger partial charge in [0.2, 0.25) is 0 Å². The Morgan fingerprint density at radius 2 is 1.59 bits per heavy atom. The molecular weight excluding hydrogens is 204 g/mol. The second kappa shape index (κ2) is 5.86. The molecule has 0 aliphatic heterocycles. The van der Waals surface area contributed by atoms with Crippen molar-refractivity contribution in [2.45, 2.75) is 45.4 Å². The summed E-state index contributed by atoms with van der Waals surface area (Å²) in [7, 11) is 0. The molecule has 0 saturated carbocycles. The molecule has 90 valence electrons. The molecule has 0 heterocycles. The molecule has 17 heavy (non-hydrogen) atoms. The monoisotopic (exact) mass is 226 g/mol. The van der Waals surface area contributed by atoms with Crippen molar-refractivity contribution in [3.63, 3.8) is 0 Å². The lowest BCUT2D eigenvalue weighted by Gasteiger charge is -2.16. The third kappa shape index (κ3) is 3.33. The summed E-state index contributed by atoms with van der Waals surface area (Å²) in [6.45, 7) is 6.01. The van der Waals surface area contributed by atoms with Crippen LogP contribution in [0.2, 0.25) is 0 Å². The maximum Gasteiger partial charge on any atom is -0.0276 e. The van der Waals surface area contributed by atoms with Gasteiger partial charge in [0.1, 0.15) is 0 Å². The lowest BCUT2D eigenvalue weighted by atomic mass is 9.90. The van der Waals surface area contributed by atoms with Crippen LogP contribution >= 0.6 is 0 Å². The topological polar surface area (TPSA) is 0 Å². The first-order chi connectivity index (χ1) is 8.31. The number of rotatable bonds is 2. The third-order valence-corrected chi connectivity index (χ3v) is 3.61. The first-order valence-electron chi connectivity index (χ1n) is 6.71. The fourth-order valence-electron chi connectivity index (χ4n) is 2.61. The lowest BCUT2D eigenvalue weighted by Crippen LogP contribution is -1.96. The quantitative estimate of drug-likeness (QED) is 0.602. The van der Waals surface area contributed by atoms with Crippen molar-refractivity contribution < 1.29 is 0 Å². The summed E-state index contributed by atoms with van der Waals surface area (Å²) in [5.74, 6) is 0. The van der Waals surface area contributed by atoms with Gasteiger partial charge in [-0.05, 0) is 62.2 Å². The van der Waals surface area contributed by atoms with Gasteiger partial charge in [0.05, 0.1) is 0 Å². The largest absolute Gasteiger partial charge is 0.0988 e. The molecule has 0 spiro atoms. The molecule has 0 bridgehead atoms. The second-order valence-electron chi connectivity index (χ2n) is 4.93. The highest BCUT2D eigenvalue weighted by Crippen LogP contribution is 2.28. The highest BCUT2D eigenvalue weighted by atomic mass is 14.1. The minimum absolute atomic E-state index is 1.19. The van der Waals surface area contributed by atoms with Crippen molar-refractivity contribution in [3.05, 3.63) is 59.3 Å². The van der Waals surface area contributed by atoms with Crippen molar-refractivity contribution in [3.8, 4) is 0 Å². The molecule has 2 aliphatic carbocycles. The van der Waals surface area contributed by atoms with Crippen LogP contribution < -0.4 is 0 Å². The van der Waals surface area contributed by atoms with E-state index in [1.165, 1.54) is 60.8 Å². The zero-order valence-corrected chi connectivity index (χ0v) is 10.8. The van der Waals surface area contributed by atoms with Gasteiger partial charge < -0.3 is 0 Å². The average molecular weight is 226 g/mol. The number of allylic oxidation sites excluding steroid dienone is 9. The number of hydrogen-bond donors (Lipinski definition) is 0. The van der Waals surface area contributed by atoms with Gasteiger partial charge >= 0.3 is 0 Å². The van der Waals surface area contributed by atoms with E-state index in [0.717, 1.165) is 0 Å². The van der Waals surface area contributed by atoms with Crippen LogP contribution in [-0.2, 0) is 0 Å². The van der Waals surface area contributed by atoms with Gasteiger partial charge in [-0.1, -0.05) is 42.5 Å². The summed E-state index contributed by atoms with van der Waals surface area (Å²) in [4.78, 5) is 0. The molecule has 0 aromatic heterocycles. The summed E-state index contributed by atoms with van der Waals surface area (Å²) in [6, 6.07) is 0. The van der Waals surface area contributed by atoms with E-state index < -0.39 is 0 Å². The molecule has 0 aromatic rings. The van der Waals surface area contributed by atoms with Crippen molar-refractivity contribution in [2.24, 2.45) is 0 Å². The molecule has 0 atom stereocenters. The van der Waals surface area contributed by atoms with Crippen LogP contribution in [0.4, 0.5) is 0 Å². The van der Waals surface area contributed by atoms with Gasteiger partial charge in [0, 0.05) is 0 Å². The molecule has 0 fully saturated rings. The fraction of sp³-hybridized carbons (Fsp3) is 0.412. The predicted octanol–water partition coefficient (Wildman–Crippen LogP) is 5.27. The highest BCUT2D eigenvalue weighted by molar-refractivity contribution is 5.40. The SMILES string of the molecule is C=CC1=CC(=CC2=CC(=CC)CCC2)CCC1. The van der Waals surface area contributed by atoms with Crippen LogP contribution in [0.15, 0.2) is 59.3 Å². The summed E-state index contributed by atoms with van der Waals surface area (Å²) >= 11 is 0. The standard InChI is InChI=1S/C17H22/c1-3-14-7-5-9-16(11-14)13-17-10-6-8-15(4-2)12-17/h3-4,11-13H,1,5-10H2,2H3. The van der Waals surface area contributed by atoms with Crippen LogP contribution in [0.1, 0.15) is 45.4 Å². The van der Waals surface area contributed by atoms with Crippen LogP contribution in [0.3, 0.4) is 0 Å². The molecule has 0 saturated heterocycles. The highest BCUT2D eigenvalue weighted by Gasteiger charge is 2.08. The Balaban J connectivity index is 2.19. The Hall–Kier alpha value is -1.30. The summed E-state index contributed by atoms with van der Waals surface area (Å²) in [6.07, 6.45) is 18.8. The maximum atomic E-state index is 3.87. The minimum Gasteiger partial charge on any atom is -0.0988 e. The first-order valence-corrected chi connectivity index (χ1v) is 6.71. The van der Waals surface area contributed by atoms with Gasteiger partial charge in [0.25, 0.3) is 0 Å². The summed E-state index contributed by atoms with van der Waals surface area (Å²) < 4.78 is 0. The number of hydrogen-bond acceptors (Lipinski definition) is 0. The molecular formula is C17H22. The van der Waals surface area contributed by atoms with E-state index in [1.807, 2.05) is 6.08 Å². The fourth-order valence-corrected chi connectivity index (χ4v) is 2.61. The molecule has 0 unspecified atom stereocenters. The van der Waals surface area contributed by atoms with Crippen molar-refractivity contribution in [2.75, 3.05) is 0 Å². The normalized spacial score (nSPS) is 25.7. The van der Waals surface area contributed by atoms with Gasteiger partial charge in [-0.25, -0.2) is 0 Å². The maximum absolute atomic E-state index is 3.87. The molecule has 0 amide bonds. The Morgan fingerprint density at radius 1 is 0.941 bits per heavy atom. The predicted molar refractivity (Wildman–Crippen MR) is 75.9 cm³/mol. The zero-order valence-electron chi connectivity index (χ0n) is 10.8. The van der Waals surface area contributed by atoms with Crippen LogP contribution in [0, 0.1) is 0 Å². The first kappa shape index (κ1) is 12.2. The molecule has 2 rings (SSSR count). The lowest BCUT2D eigenvalue weighted by molar-refractivity contribution is 0.780. The molecule has 0 radical (unpaired) electrons. The van der Waals surface area contributed by atoms with Gasteiger partial charge in [0.15, 0.2) is 0 Å². The molecule has 0 heteroatoms. The average Bonchev–Trinajstić information content (AvgIpc) is 2.39. The van der Waals surface area contributed by atoms with Gasteiger partial charge in [-0.15, -0.1) is 0 Å². The van der Waals surface area contributed by atoms with E-state index in [9.17, 15) is 0 Å². The Labute approximate surface area is 105 Å².